The third-order valence-corrected chi connectivity index (χ3v) is 6.14. The quantitative estimate of drug-likeness (QED) is 0.640. The molecule has 0 spiro atoms. The number of amides is 1. The van der Waals surface area contributed by atoms with Crippen molar-refractivity contribution in [3.05, 3.63) is 72.4 Å². The van der Waals surface area contributed by atoms with Gasteiger partial charge in [0.05, 0.1) is 24.1 Å². The van der Waals surface area contributed by atoms with Gasteiger partial charge >= 0.3 is 0 Å². The lowest BCUT2D eigenvalue weighted by atomic mass is 10.1. The highest BCUT2D eigenvalue weighted by Gasteiger charge is 2.29. The molecule has 1 aliphatic rings. The zero-order valence-corrected chi connectivity index (χ0v) is 17.5. The number of carbonyl (C=O) groups is 1. The van der Waals surface area contributed by atoms with Gasteiger partial charge in [0.2, 0.25) is 5.91 Å². The molecule has 0 saturated carbocycles. The van der Waals surface area contributed by atoms with Crippen LogP contribution in [0.3, 0.4) is 0 Å². The standard InChI is InChI=1S/C22H24N6OS/c1-27(13-12-16-8-4-2-5-9-16)22-24-14-19(30-22)21(29)25-20-18(23)15-28(26-20)17-10-6-3-7-11-17/h2-11,15,19H,12-14,23H2,1H3,(H,25,26,29). The van der Waals surface area contributed by atoms with E-state index in [0.717, 1.165) is 23.8 Å². The normalized spacial score (nSPS) is 15.6. The van der Waals surface area contributed by atoms with E-state index in [9.17, 15) is 4.79 Å². The molecular weight excluding hydrogens is 396 g/mol. The molecule has 2 heterocycles. The summed E-state index contributed by atoms with van der Waals surface area (Å²) in [6.45, 7) is 1.29. The molecule has 1 atom stereocenters. The summed E-state index contributed by atoms with van der Waals surface area (Å²) in [6.07, 6.45) is 2.63. The van der Waals surface area contributed by atoms with E-state index in [1.165, 1.54) is 17.3 Å². The average Bonchev–Trinajstić information content (AvgIpc) is 3.41. The van der Waals surface area contributed by atoms with Crippen molar-refractivity contribution in [2.45, 2.75) is 11.7 Å². The maximum Gasteiger partial charge on any atom is 0.241 e. The lowest BCUT2D eigenvalue weighted by Gasteiger charge is -2.18. The number of amidine groups is 1. The zero-order chi connectivity index (χ0) is 20.9. The maximum atomic E-state index is 12.7. The molecule has 3 N–H and O–H groups in total. The fourth-order valence-corrected chi connectivity index (χ4v) is 4.13. The van der Waals surface area contributed by atoms with Crippen LogP contribution in [0, 0.1) is 0 Å². The van der Waals surface area contributed by atoms with Crippen LogP contribution in [-0.4, -0.2) is 51.1 Å². The fraction of sp³-hybridized carbons (Fsp3) is 0.227. The molecule has 7 nitrogen and oxygen atoms in total. The number of carbonyl (C=O) groups excluding carboxylic acids is 1. The molecule has 0 bridgehead atoms. The van der Waals surface area contributed by atoms with Crippen molar-refractivity contribution in [2.75, 3.05) is 31.2 Å². The summed E-state index contributed by atoms with van der Waals surface area (Å²) >= 11 is 1.48. The Balaban J connectivity index is 1.32. The molecule has 0 radical (unpaired) electrons. The van der Waals surface area contributed by atoms with Crippen molar-refractivity contribution < 1.29 is 4.79 Å². The summed E-state index contributed by atoms with van der Waals surface area (Å²) in [4.78, 5) is 19.4. The summed E-state index contributed by atoms with van der Waals surface area (Å²) in [5.41, 5.74) is 8.65. The molecule has 1 unspecified atom stereocenters. The number of likely N-dealkylation sites (N-methyl/N-ethyl adjacent to an activating group) is 1. The van der Waals surface area contributed by atoms with Crippen molar-refractivity contribution in [3.63, 3.8) is 0 Å². The van der Waals surface area contributed by atoms with Gasteiger partial charge in [-0.25, -0.2) is 4.68 Å². The third-order valence-electron chi connectivity index (χ3n) is 4.84. The van der Waals surface area contributed by atoms with E-state index in [2.05, 4.69) is 32.4 Å². The Bertz CT molecular complexity index is 1030. The van der Waals surface area contributed by atoms with Crippen molar-refractivity contribution in [2.24, 2.45) is 4.99 Å². The van der Waals surface area contributed by atoms with Gasteiger partial charge in [-0.15, -0.1) is 5.10 Å². The molecule has 2 aromatic carbocycles. The molecule has 30 heavy (non-hydrogen) atoms. The molecule has 0 fully saturated rings. The number of benzene rings is 2. The van der Waals surface area contributed by atoms with E-state index in [1.807, 2.05) is 55.6 Å². The monoisotopic (exact) mass is 420 g/mol. The first-order chi connectivity index (χ1) is 14.6. The van der Waals surface area contributed by atoms with Crippen LogP contribution in [0.1, 0.15) is 5.56 Å². The second-order valence-corrected chi connectivity index (χ2v) is 8.26. The summed E-state index contributed by atoms with van der Waals surface area (Å²) in [6, 6.07) is 20.0. The second kappa shape index (κ2) is 9.04. The number of para-hydroxylation sites is 1. The molecule has 8 heteroatoms. The number of hydrogen-bond donors (Lipinski definition) is 2. The molecule has 1 aliphatic heterocycles. The Kier molecular flexibility index (Phi) is 6.04. The number of nitrogens with two attached hydrogens (primary N) is 1. The van der Waals surface area contributed by atoms with Crippen molar-refractivity contribution in [3.8, 4) is 5.69 Å². The number of aromatic nitrogens is 2. The van der Waals surface area contributed by atoms with Crippen molar-refractivity contribution >= 4 is 34.3 Å². The van der Waals surface area contributed by atoms with Crippen LogP contribution in [0.2, 0.25) is 0 Å². The fourth-order valence-electron chi connectivity index (χ4n) is 3.14. The topological polar surface area (TPSA) is 88.5 Å². The van der Waals surface area contributed by atoms with Gasteiger partial charge in [-0.3, -0.25) is 9.79 Å². The number of thioether (sulfide) groups is 1. The molecule has 0 aliphatic carbocycles. The first kappa shape index (κ1) is 20.0. The number of nitrogens with one attached hydrogen (secondary N) is 1. The van der Waals surface area contributed by atoms with Gasteiger partial charge in [-0.2, -0.15) is 0 Å². The third kappa shape index (κ3) is 4.65. The Morgan fingerprint density at radius 2 is 1.90 bits per heavy atom. The molecular formula is C22H24N6OS. The number of nitrogens with zero attached hydrogens (tertiary/aromatic N) is 4. The predicted octanol–water partition coefficient (Wildman–Crippen LogP) is 3.04. The molecule has 154 valence electrons. The Hall–Kier alpha value is -3.26. The van der Waals surface area contributed by atoms with Crippen molar-refractivity contribution in [1.29, 1.82) is 0 Å². The highest BCUT2D eigenvalue weighted by atomic mass is 32.2. The van der Waals surface area contributed by atoms with E-state index in [4.69, 9.17) is 5.73 Å². The summed E-state index contributed by atoms with van der Waals surface area (Å²) < 4.78 is 1.66. The molecule has 1 amide bonds. The van der Waals surface area contributed by atoms with E-state index >= 15 is 0 Å². The number of hydrogen-bond acceptors (Lipinski definition) is 6. The molecule has 4 rings (SSSR count). The van der Waals surface area contributed by atoms with Crippen LogP contribution in [-0.2, 0) is 11.2 Å². The van der Waals surface area contributed by atoms with Gasteiger partial charge in [0.15, 0.2) is 11.0 Å². The first-order valence-electron chi connectivity index (χ1n) is 9.78. The van der Waals surface area contributed by atoms with Gasteiger partial charge in [-0.1, -0.05) is 60.3 Å². The highest BCUT2D eigenvalue weighted by molar-refractivity contribution is 8.15. The zero-order valence-electron chi connectivity index (χ0n) is 16.7. The predicted molar refractivity (Wildman–Crippen MR) is 123 cm³/mol. The van der Waals surface area contributed by atoms with Crippen LogP contribution in [0.25, 0.3) is 5.69 Å². The second-order valence-electron chi connectivity index (χ2n) is 7.09. The smallest absolute Gasteiger partial charge is 0.241 e. The van der Waals surface area contributed by atoms with Gasteiger partial charge in [0, 0.05) is 13.6 Å². The Morgan fingerprint density at radius 3 is 2.63 bits per heavy atom. The average molecular weight is 421 g/mol. The van der Waals surface area contributed by atoms with Crippen LogP contribution in [0.4, 0.5) is 11.5 Å². The highest BCUT2D eigenvalue weighted by Crippen LogP contribution is 2.26. The van der Waals surface area contributed by atoms with E-state index < -0.39 is 0 Å². The van der Waals surface area contributed by atoms with Crippen LogP contribution in [0.15, 0.2) is 71.9 Å². The lowest BCUT2D eigenvalue weighted by Crippen LogP contribution is -2.29. The van der Waals surface area contributed by atoms with E-state index in [0.29, 0.717) is 18.1 Å². The largest absolute Gasteiger partial charge is 0.394 e. The number of anilines is 2. The first-order valence-corrected chi connectivity index (χ1v) is 10.7. The Morgan fingerprint density at radius 1 is 1.20 bits per heavy atom. The minimum absolute atomic E-state index is 0.139. The number of aliphatic imine (C=N–C) groups is 1. The summed E-state index contributed by atoms with van der Waals surface area (Å²) in [5.74, 6) is 0.232. The Labute approximate surface area is 180 Å². The molecule has 0 saturated heterocycles. The summed E-state index contributed by atoms with van der Waals surface area (Å²) in [7, 11) is 2.01. The van der Waals surface area contributed by atoms with Gasteiger partial charge in [0.1, 0.15) is 5.25 Å². The van der Waals surface area contributed by atoms with Gasteiger partial charge in [-0.05, 0) is 24.1 Å². The van der Waals surface area contributed by atoms with Crippen LogP contribution in [0.5, 0.6) is 0 Å². The van der Waals surface area contributed by atoms with E-state index in [-0.39, 0.29) is 11.2 Å². The minimum atomic E-state index is -0.291. The minimum Gasteiger partial charge on any atom is -0.394 e. The van der Waals surface area contributed by atoms with Crippen LogP contribution >= 0.6 is 11.8 Å². The maximum absolute atomic E-state index is 12.7. The molecule has 3 aromatic rings. The SMILES string of the molecule is CN(CCc1ccccc1)C1=NCC(C(=O)Nc2nn(-c3ccccc3)cc2N)S1. The van der Waals surface area contributed by atoms with Gasteiger partial charge < -0.3 is 16.0 Å². The number of rotatable bonds is 6. The summed E-state index contributed by atoms with van der Waals surface area (Å²) in [5, 5.41) is 7.85. The lowest BCUT2D eigenvalue weighted by molar-refractivity contribution is -0.115. The van der Waals surface area contributed by atoms with Crippen LogP contribution < -0.4 is 11.1 Å². The molecule has 1 aromatic heterocycles. The number of nitrogen functional groups attached to an aromatic ring is 1. The van der Waals surface area contributed by atoms with E-state index in [1.54, 1.807) is 10.9 Å². The van der Waals surface area contributed by atoms with Gasteiger partial charge in [0.25, 0.3) is 0 Å². The van der Waals surface area contributed by atoms with Crippen molar-refractivity contribution in [1.82, 2.24) is 14.7 Å².